The van der Waals surface area contributed by atoms with Gasteiger partial charge in [0, 0.05) is 35.5 Å². The van der Waals surface area contributed by atoms with Crippen molar-refractivity contribution in [2.24, 2.45) is 0 Å². The summed E-state index contributed by atoms with van der Waals surface area (Å²) in [4.78, 5) is 26.9. The average molecular weight is 693 g/mol. The van der Waals surface area contributed by atoms with E-state index < -0.39 is 0 Å². The molecule has 0 aliphatic carbocycles. The van der Waals surface area contributed by atoms with Crippen molar-refractivity contribution in [1.29, 1.82) is 0 Å². The van der Waals surface area contributed by atoms with E-state index in [1.807, 2.05) is 113 Å². The molecule has 0 spiro atoms. The van der Waals surface area contributed by atoms with E-state index in [-0.39, 0.29) is 0 Å². The summed E-state index contributed by atoms with van der Waals surface area (Å²) in [7, 11) is 0. The summed E-state index contributed by atoms with van der Waals surface area (Å²) in [6.45, 7) is 6.53. The molecule has 0 aliphatic rings. The molecule has 11 nitrogen and oxygen atoms in total. The van der Waals surface area contributed by atoms with Gasteiger partial charge < -0.3 is 15.4 Å². The molecule has 0 aliphatic heterocycles. The van der Waals surface area contributed by atoms with Crippen LogP contribution in [0.1, 0.15) is 18.3 Å². The topological polar surface area (TPSA) is 119 Å². The first-order valence-electron chi connectivity index (χ1n) is 15.0. The Bertz CT molecular complexity index is 2340. The Labute approximate surface area is 289 Å². The van der Waals surface area contributed by atoms with Crippen LogP contribution in [0.5, 0.6) is 5.75 Å². The van der Waals surface area contributed by atoms with Gasteiger partial charge in [0.05, 0.1) is 45.8 Å². The smallest absolute Gasteiger partial charge is 0.234 e. The number of rotatable bonds is 8. The lowest BCUT2D eigenvalue weighted by atomic mass is 10.3. The Morgan fingerprint density at radius 1 is 0.688 bits per heavy atom. The summed E-state index contributed by atoms with van der Waals surface area (Å²) in [5, 5.41) is 12.9. The number of para-hydroxylation sites is 3. The maximum Gasteiger partial charge on any atom is 0.234 e. The first kappa shape index (κ1) is 31.2. The zero-order valence-corrected chi connectivity index (χ0v) is 28.5. The van der Waals surface area contributed by atoms with Gasteiger partial charge in [-0.15, -0.1) is 22.7 Å². The van der Waals surface area contributed by atoms with Crippen LogP contribution >= 0.6 is 34.3 Å². The second-order valence-corrected chi connectivity index (χ2v) is 12.5. The molecule has 48 heavy (non-hydrogen) atoms. The number of hydrogen-bond acceptors (Lipinski definition) is 11. The molecule has 0 saturated carbocycles. The number of hydrogen-bond donors (Lipinski definition) is 2. The number of anilines is 4. The molecule has 0 fully saturated rings. The third-order valence-electron chi connectivity index (χ3n) is 7.19. The van der Waals surface area contributed by atoms with Crippen LogP contribution in [0.15, 0.2) is 96.2 Å². The Morgan fingerprint density at radius 3 is 1.77 bits per heavy atom. The Kier molecular flexibility index (Phi) is 8.97. The molecule has 6 aromatic heterocycles. The van der Waals surface area contributed by atoms with Gasteiger partial charge in [0.15, 0.2) is 10.3 Å². The molecule has 0 saturated heterocycles. The van der Waals surface area contributed by atoms with Gasteiger partial charge in [-0.3, -0.25) is 8.80 Å². The fourth-order valence-electron chi connectivity index (χ4n) is 5.14. The van der Waals surface area contributed by atoms with Gasteiger partial charge in [0.2, 0.25) is 11.6 Å². The molecule has 0 atom stereocenters. The molecule has 2 N–H and O–H groups in total. The van der Waals surface area contributed by atoms with Crippen molar-refractivity contribution in [1.82, 2.24) is 38.7 Å². The van der Waals surface area contributed by atoms with Crippen molar-refractivity contribution in [3.8, 4) is 28.5 Å². The molecule has 2 aromatic carbocycles. The Balaban J connectivity index is 0.000000152. The molecule has 0 bridgehead atoms. The van der Waals surface area contributed by atoms with Crippen LogP contribution in [0, 0.1) is 13.8 Å². The van der Waals surface area contributed by atoms with Gasteiger partial charge in [0.1, 0.15) is 17.1 Å². The summed E-state index contributed by atoms with van der Waals surface area (Å²) in [6, 6.07) is 19.2. The van der Waals surface area contributed by atoms with Crippen LogP contribution in [0.2, 0.25) is 5.02 Å². The highest BCUT2D eigenvalue weighted by atomic mass is 35.5. The molecule has 8 rings (SSSR count). The first-order valence-corrected chi connectivity index (χ1v) is 17.1. The maximum absolute atomic E-state index is 6.18. The van der Waals surface area contributed by atoms with E-state index in [0.717, 1.165) is 61.6 Å². The van der Waals surface area contributed by atoms with E-state index in [1.165, 1.54) is 11.3 Å². The zero-order valence-electron chi connectivity index (χ0n) is 26.1. The molecular formula is C34H29ClN10OS2. The predicted molar refractivity (Wildman–Crippen MR) is 193 cm³/mol. The lowest BCUT2D eigenvalue weighted by molar-refractivity contribution is 0.342. The minimum atomic E-state index is 0.621. The van der Waals surface area contributed by atoms with Gasteiger partial charge in [-0.05, 0) is 57.2 Å². The Morgan fingerprint density at radius 2 is 1.21 bits per heavy atom. The van der Waals surface area contributed by atoms with Crippen LogP contribution in [-0.2, 0) is 0 Å². The minimum absolute atomic E-state index is 0.621. The lowest BCUT2D eigenvalue weighted by Crippen LogP contribution is -1.97. The van der Waals surface area contributed by atoms with Crippen LogP contribution in [-0.4, -0.2) is 45.3 Å². The molecule has 0 amide bonds. The number of imidazole rings is 2. The highest BCUT2D eigenvalue weighted by Crippen LogP contribution is 2.33. The monoisotopic (exact) mass is 692 g/mol. The van der Waals surface area contributed by atoms with Crippen LogP contribution in [0.3, 0.4) is 0 Å². The molecule has 240 valence electrons. The van der Waals surface area contributed by atoms with Crippen molar-refractivity contribution in [2.45, 2.75) is 20.8 Å². The second-order valence-electron chi connectivity index (χ2n) is 10.4. The highest BCUT2D eigenvalue weighted by molar-refractivity contribution is 7.14. The number of nitrogens with zero attached hydrogens (tertiary/aromatic N) is 8. The number of halogens is 1. The van der Waals surface area contributed by atoms with Crippen molar-refractivity contribution in [3.05, 3.63) is 113 Å². The van der Waals surface area contributed by atoms with E-state index in [9.17, 15) is 0 Å². The maximum atomic E-state index is 6.18. The third kappa shape index (κ3) is 6.43. The zero-order chi connectivity index (χ0) is 33.0. The third-order valence-corrected chi connectivity index (χ3v) is 9.04. The van der Waals surface area contributed by atoms with E-state index >= 15 is 0 Å². The van der Waals surface area contributed by atoms with Crippen LogP contribution in [0.25, 0.3) is 34.3 Å². The van der Waals surface area contributed by atoms with E-state index in [1.54, 1.807) is 23.7 Å². The quantitative estimate of drug-likeness (QED) is 0.161. The van der Waals surface area contributed by atoms with Gasteiger partial charge in [-0.25, -0.2) is 29.9 Å². The molecule has 0 unspecified atom stereocenters. The van der Waals surface area contributed by atoms with Gasteiger partial charge in [-0.1, -0.05) is 35.9 Å². The molecule has 8 aromatic rings. The second kappa shape index (κ2) is 13.8. The first-order chi connectivity index (χ1) is 23.5. The normalized spacial score (nSPS) is 11.0. The van der Waals surface area contributed by atoms with Crippen molar-refractivity contribution in [2.75, 3.05) is 17.2 Å². The Hall–Kier alpha value is -5.37. The molecule has 14 heteroatoms. The largest absolute Gasteiger partial charge is 0.492 e. The lowest BCUT2D eigenvalue weighted by Gasteiger charge is -2.09. The molecule has 6 heterocycles. The van der Waals surface area contributed by atoms with Gasteiger partial charge in [0.25, 0.3) is 0 Å². The number of benzene rings is 2. The van der Waals surface area contributed by atoms with Crippen molar-refractivity contribution in [3.63, 3.8) is 0 Å². The summed E-state index contributed by atoms with van der Waals surface area (Å²) in [5.41, 5.74) is 7.21. The molecular weight excluding hydrogens is 664 g/mol. The van der Waals surface area contributed by atoms with Crippen molar-refractivity contribution >= 4 is 67.5 Å². The van der Waals surface area contributed by atoms with Gasteiger partial charge in [-0.2, -0.15) is 0 Å². The average Bonchev–Trinajstić information content (AvgIpc) is 3.88. The molecule has 0 radical (unpaired) electrons. The van der Waals surface area contributed by atoms with E-state index in [0.29, 0.717) is 23.2 Å². The van der Waals surface area contributed by atoms with Gasteiger partial charge >= 0.3 is 0 Å². The van der Waals surface area contributed by atoms with E-state index in [2.05, 4.69) is 35.6 Å². The number of aryl methyl sites for hydroxylation is 2. The van der Waals surface area contributed by atoms with Crippen LogP contribution in [0.4, 0.5) is 21.6 Å². The standard InChI is InChI=1S/C18H17N5OS.C16H12ClN5S/c1-3-24-15-8-5-4-7-13(15)21-18-22-14(11-25-18)16-12(2)20-17-19-9-6-10-23(16)17;1-10-14(22-8-4-7-18-15(22)19-10)13-9-23-16(21-13)20-12-6-3-2-5-11(12)17/h4-11H,3H2,1-2H3,(H,21,22);2-9H,1H3,(H,20,21). The number of aromatic nitrogens is 8. The number of nitrogens with one attached hydrogen (secondary N) is 2. The summed E-state index contributed by atoms with van der Waals surface area (Å²) >= 11 is 9.25. The van der Waals surface area contributed by atoms with E-state index in [4.69, 9.17) is 21.3 Å². The summed E-state index contributed by atoms with van der Waals surface area (Å²) < 4.78 is 9.57. The minimum Gasteiger partial charge on any atom is -0.492 e. The fraction of sp³-hybridized carbons (Fsp3) is 0.118. The number of fused-ring (bicyclic) bond motifs is 2. The number of ether oxygens (including phenoxy) is 1. The fourth-order valence-corrected chi connectivity index (χ4v) is 6.73. The summed E-state index contributed by atoms with van der Waals surface area (Å²) in [6.07, 6.45) is 7.37. The van der Waals surface area contributed by atoms with Crippen LogP contribution < -0.4 is 15.4 Å². The number of thiazole rings is 2. The highest BCUT2D eigenvalue weighted by Gasteiger charge is 2.16. The SMILES string of the molecule is CCOc1ccccc1Nc1nc(-c2c(C)nc3ncccn23)cs1.Cc1nc2ncccn2c1-c1csc(Nc2ccccc2Cl)n1. The predicted octanol–water partition coefficient (Wildman–Crippen LogP) is 8.86. The van der Waals surface area contributed by atoms with Crippen molar-refractivity contribution < 1.29 is 4.74 Å². The summed E-state index contributed by atoms with van der Waals surface area (Å²) in [5.74, 6) is 2.17.